The minimum Gasteiger partial charge on any atom is -0.467 e. The first kappa shape index (κ1) is 16.8. The standard InChI is InChI=1S/C21H23N3OSi/c1-26(2,3)24-15-18(14-22-24)21-23-19(16-10-6-4-7-11-16)20(25-21)17-12-8-5-9-13-17/h4-15,19-20H,1-3H3. The predicted octanol–water partition coefficient (Wildman–Crippen LogP) is 4.83. The van der Waals surface area contributed by atoms with Crippen molar-refractivity contribution in [1.82, 2.24) is 9.45 Å². The van der Waals surface area contributed by atoms with E-state index in [9.17, 15) is 0 Å². The second-order valence-corrected chi connectivity index (χ2v) is 12.4. The normalized spacial score (nSPS) is 19.9. The van der Waals surface area contributed by atoms with Gasteiger partial charge in [-0.15, -0.1) is 0 Å². The highest BCUT2D eigenvalue weighted by atomic mass is 28.3. The fourth-order valence-electron chi connectivity index (χ4n) is 3.14. The molecule has 0 bridgehead atoms. The van der Waals surface area contributed by atoms with Crippen LogP contribution in [-0.4, -0.2) is 23.6 Å². The van der Waals surface area contributed by atoms with Crippen molar-refractivity contribution in [3.63, 3.8) is 0 Å². The van der Waals surface area contributed by atoms with E-state index in [-0.39, 0.29) is 12.1 Å². The topological polar surface area (TPSA) is 39.4 Å². The highest BCUT2D eigenvalue weighted by Crippen LogP contribution is 2.40. The lowest BCUT2D eigenvalue weighted by atomic mass is 9.97. The zero-order chi connectivity index (χ0) is 18.1. The van der Waals surface area contributed by atoms with Crippen LogP contribution in [0.3, 0.4) is 0 Å². The van der Waals surface area contributed by atoms with Gasteiger partial charge in [-0.3, -0.25) is 0 Å². The summed E-state index contributed by atoms with van der Waals surface area (Å²) in [5.41, 5.74) is 3.25. The van der Waals surface area contributed by atoms with Crippen molar-refractivity contribution in [2.45, 2.75) is 31.8 Å². The van der Waals surface area contributed by atoms with Crippen molar-refractivity contribution in [3.8, 4) is 0 Å². The summed E-state index contributed by atoms with van der Waals surface area (Å²) in [5.74, 6) is 0.678. The second kappa shape index (κ2) is 6.57. The summed E-state index contributed by atoms with van der Waals surface area (Å²) in [6.07, 6.45) is 3.82. The first-order valence-corrected chi connectivity index (χ1v) is 12.4. The van der Waals surface area contributed by atoms with Crippen molar-refractivity contribution >= 4 is 14.1 Å². The average Bonchev–Trinajstić information content (AvgIpc) is 3.30. The molecule has 2 atom stereocenters. The quantitative estimate of drug-likeness (QED) is 0.625. The number of nitrogens with zero attached hydrogens (tertiary/aromatic N) is 3. The smallest absolute Gasteiger partial charge is 0.220 e. The minimum atomic E-state index is -1.53. The Balaban J connectivity index is 1.72. The van der Waals surface area contributed by atoms with Crippen molar-refractivity contribution < 1.29 is 4.74 Å². The van der Waals surface area contributed by atoms with Crippen LogP contribution in [0.2, 0.25) is 19.6 Å². The van der Waals surface area contributed by atoms with Crippen LogP contribution in [0.1, 0.15) is 28.8 Å². The molecule has 5 heteroatoms. The third-order valence-corrected chi connectivity index (χ3v) is 6.19. The van der Waals surface area contributed by atoms with Crippen LogP contribution in [0.4, 0.5) is 0 Å². The van der Waals surface area contributed by atoms with Crippen LogP contribution in [-0.2, 0) is 4.74 Å². The summed E-state index contributed by atoms with van der Waals surface area (Å²) in [7, 11) is -1.53. The molecular weight excluding hydrogens is 338 g/mol. The number of hydrogen-bond donors (Lipinski definition) is 0. The zero-order valence-electron chi connectivity index (χ0n) is 15.3. The highest BCUT2D eigenvalue weighted by molar-refractivity contribution is 6.74. The Morgan fingerprint density at radius 1 is 0.885 bits per heavy atom. The summed E-state index contributed by atoms with van der Waals surface area (Å²) >= 11 is 0. The number of aromatic nitrogens is 2. The molecule has 0 fully saturated rings. The Morgan fingerprint density at radius 2 is 1.50 bits per heavy atom. The van der Waals surface area contributed by atoms with Crippen LogP contribution < -0.4 is 0 Å². The van der Waals surface area contributed by atoms with Crippen LogP contribution in [0.25, 0.3) is 0 Å². The molecule has 4 rings (SSSR count). The molecule has 0 N–H and O–H groups in total. The van der Waals surface area contributed by atoms with Crippen molar-refractivity contribution in [2.24, 2.45) is 4.99 Å². The summed E-state index contributed by atoms with van der Waals surface area (Å²) in [6, 6.07) is 20.6. The SMILES string of the molecule is C[Si](C)(C)n1cc(C2=NC(c3ccccc3)C(c3ccccc3)O2)cn1. The Hall–Kier alpha value is -2.66. The lowest BCUT2D eigenvalue weighted by Crippen LogP contribution is -2.32. The minimum absolute atomic E-state index is 0.0520. The van der Waals surface area contributed by atoms with Gasteiger partial charge in [-0.25, -0.2) is 4.99 Å². The highest BCUT2D eigenvalue weighted by Gasteiger charge is 2.34. The number of aliphatic imine (C=N–C) groups is 1. The Labute approximate surface area is 155 Å². The molecule has 1 aliphatic heterocycles. The Kier molecular flexibility index (Phi) is 4.24. The number of benzene rings is 2. The summed E-state index contributed by atoms with van der Waals surface area (Å²) in [4.78, 5) is 4.94. The zero-order valence-corrected chi connectivity index (χ0v) is 16.3. The van der Waals surface area contributed by atoms with E-state index in [1.807, 2.05) is 42.6 Å². The van der Waals surface area contributed by atoms with Gasteiger partial charge in [0, 0.05) is 6.20 Å². The van der Waals surface area contributed by atoms with Gasteiger partial charge in [-0.05, 0) is 30.8 Å². The maximum Gasteiger partial charge on any atom is 0.220 e. The van der Waals surface area contributed by atoms with Crippen LogP contribution in [0.5, 0.6) is 0 Å². The van der Waals surface area contributed by atoms with Gasteiger partial charge in [0.15, 0.2) is 14.3 Å². The lowest BCUT2D eigenvalue weighted by Gasteiger charge is -2.18. The summed E-state index contributed by atoms with van der Waals surface area (Å²) in [5, 5.41) is 4.55. The molecule has 2 unspecified atom stereocenters. The van der Waals surface area contributed by atoms with Gasteiger partial charge in [0.05, 0.1) is 11.8 Å². The largest absolute Gasteiger partial charge is 0.467 e. The van der Waals surface area contributed by atoms with E-state index < -0.39 is 8.24 Å². The molecule has 2 aromatic carbocycles. The van der Waals surface area contributed by atoms with Gasteiger partial charge < -0.3 is 9.08 Å². The third-order valence-electron chi connectivity index (χ3n) is 4.57. The lowest BCUT2D eigenvalue weighted by molar-refractivity contribution is 0.197. The van der Waals surface area contributed by atoms with Gasteiger partial charge in [-0.2, -0.15) is 5.10 Å². The van der Waals surface area contributed by atoms with Crippen LogP contribution in [0.15, 0.2) is 78.0 Å². The van der Waals surface area contributed by atoms with E-state index >= 15 is 0 Å². The Morgan fingerprint density at radius 3 is 2.08 bits per heavy atom. The monoisotopic (exact) mass is 361 g/mol. The second-order valence-electron chi connectivity index (χ2n) is 7.58. The van der Waals surface area contributed by atoms with E-state index in [1.165, 1.54) is 0 Å². The molecule has 0 saturated heterocycles. The molecule has 26 heavy (non-hydrogen) atoms. The number of hydrogen-bond acceptors (Lipinski definition) is 3. The third kappa shape index (κ3) is 3.22. The first-order valence-electron chi connectivity index (χ1n) is 8.92. The molecule has 3 aromatic rings. The van der Waals surface area contributed by atoms with Crippen molar-refractivity contribution in [2.75, 3.05) is 0 Å². The summed E-state index contributed by atoms with van der Waals surface area (Å²) < 4.78 is 8.42. The fraction of sp³-hybridized carbons (Fsp3) is 0.238. The Bertz CT molecular complexity index is 913. The molecule has 4 nitrogen and oxygen atoms in total. The van der Waals surface area contributed by atoms with E-state index in [4.69, 9.17) is 9.73 Å². The maximum absolute atomic E-state index is 6.34. The molecule has 0 radical (unpaired) electrons. The average molecular weight is 362 g/mol. The van der Waals surface area contributed by atoms with Gasteiger partial charge >= 0.3 is 0 Å². The molecule has 1 aliphatic rings. The number of rotatable bonds is 4. The predicted molar refractivity (Wildman–Crippen MR) is 107 cm³/mol. The van der Waals surface area contributed by atoms with Gasteiger partial charge in [0.2, 0.25) is 5.90 Å². The molecule has 1 aromatic heterocycles. The molecule has 0 saturated carbocycles. The van der Waals surface area contributed by atoms with E-state index in [0.717, 1.165) is 16.7 Å². The maximum atomic E-state index is 6.34. The van der Waals surface area contributed by atoms with Crippen molar-refractivity contribution in [1.29, 1.82) is 0 Å². The van der Waals surface area contributed by atoms with E-state index in [2.05, 4.69) is 59.5 Å². The summed E-state index contributed by atoms with van der Waals surface area (Å²) in [6.45, 7) is 6.79. The molecule has 2 heterocycles. The van der Waals surface area contributed by atoms with Crippen LogP contribution >= 0.6 is 0 Å². The van der Waals surface area contributed by atoms with E-state index in [0.29, 0.717) is 5.90 Å². The van der Waals surface area contributed by atoms with Gasteiger partial charge in [0.25, 0.3) is 0 Å². The molecule has 0 spiro atoms. The molecular formula is C21H23N3OSi. The molecule has 0 amide bonds. The molecule has 132 valence electrons. The van der Waals surface area contributed by atoms with Crippen molar-refractivity contribution in [3.05, 3.63) is 89.7 Å². The van der Waals surface area contributed by atoms with Gasteiger partial charge in [-0.1, -0.05) is 60.7 Å². The number of ether oxygens (including phenoxy) is 1. The fourth-order valence-corrected chi connectivity index (χ4v) is 4.07. The first-order chi connectivity index (χ1) is 12.5. The van der Waals surface area contributed by atoms with Crippen LogP contribution in [0, 0.1) is 0 Å². The van der Waals surface area contributed by atoms with E-state index in [1.54, 1.807) is 0 Å². The molecule has 0 aliphatic carbocycles. The van der Waals surface area contributed by atoms with Gasteiger partial charge in [0.1, 0.15) is 6.04 Å².